The molecule has 0 spiro atoms. The Hall–Kier alpha value is -3.22. The van der Waals surface area contributed by atoms with Crippen molar-refractivity contribution in [3.8, 4) is 16.9 Å². The normalized spacial score (nSPS) is 11.5. The number of aryl methyl sites for hydroxylation is 1. The van der Waals surface area contributed by atoms with Crippen molar-refractivity contribution in [1.82, 2.24) is 19.7 Å². The van der Waals surface area contributed by atoms with Crippen molar-refractivity contribution in [2.24, 2.45) is 0 Å². The van der Waals surface area contributed by atoms with Gasteiger partial charge in [0.05, 0.1) is 6.54 Å². The molecular weight excluding hydrogens is 380 g/mol. The van der Waals surface area contributed by atoms with E-state index in [1.54, 1.807) is 12.3 Å². The predicted molar refractivity (Wildman–Crippen MR) is 115 cm³/mol. The van der Waals surface area contributed by atoms with Gasteiger partial charge in [0.25, 0.3) is 0 Å². The average molecular weight is 409 g/mol. The van der Waals surface area contributed by atoms with E-state index in [4.69, 9.17) is 19.9 Å². The number of carboxylic acid groups (broad SMARTS) is 1. The van der Waals surface area contributed by atoms with Crippen LogP contribution in [0.3, 0.4) is 0 Å². The first-order chi connectivity index (χ1) is 14.3. The van der Waals surface area contributed by atoms with Gasteiger partial charge in [-0.25, -0.2) is 14.5 Å². The van der Waals surface area contributed by atoms with Gasteiger partial charge < -0.3 is 9.84 Å². The summed E-state index contributed by atoms with van der Waals surface area (Å²) in [4.78, 5) is 19.8. The fourth-order valence-corrected chi connectivity index (χ4v) is 3.08. The van der Waals surface area contributed by atoms with Gasteiger partial charge in [-0.1, -0.05) is 58.4 Å². The van der Waals surface area contributed by atoms with Crippen LogP contribution in [0, 0.1) is 0 Å². The number of carbonyl (C=O) groups is 1. The first kappa shape index (κ1) is 21.5. The van der Waals surface area contributed by atoms with Gasteiger partial charge in [0.1, 0.15) is 11.6 Å². The van der Waals surface area contributed by atoms with E-state index >= 15 is 0 Å². The maximum Gasteiger partial charge on any atom is 0.511 e. The second-order valence-electron chi connectivity index (χ2n) is 8.30. The van der Waals surface area contributed by atoms with E-state index in [1.807, 2.05) is 28.9 Å². The Labute approximate surface area is 176 Å². The molecule has 0 amide bonds. The Kier molecular flexibility index (Phi) is 6.50. The van der Waals surface area contributed by atoms with E-state index in [0.29, 0.717) is 12.1 Å². The SMILES string of the molecule is CCCCc1nc(C(C)(C)C)nn1Cc1ccc(-c2cnccc2OC(=O)O)cc1. The van der Waals surface area contributed by atoms with Crippen LogP contribution >= 0.6 is 0 Å². The van der Waals surface area contributed by atoms with Gasteiger partial charge in [-0.15, -0.1) is 0 Å². The first-order valence-electron chi connectivity index (χ1n) is 10.2. The molecule has 0 aliphatic heterocycles. The summed E-state index contributed by atoms with van der Waals surface area (Å²) in [5, 5.41) is 13.7. The molecule has 0 radical (unpaired) electrons. The monoisotopic (exact) mass is 408 g/mol. The Morgan fingerprint density at radius 1 is 1.17 bits per heavy atom. The Morgan fingerprint density at radius 3 is 2.53 bits per heavy atom. The summed E-state index contributed by atoms with van der Waals surface area (Å²) in [5.74, 6) is 2.13. The van der Waals surface area contributed by atoms with Gasteiger partial charge in [0.15, 0.2) is 5.82 Å². The Morgan fingerprint density at radius 2 is 1.90 bits per heavy atom. The van der Waals surface area contributed by atoms with Crippen LogP contribution in [0.1, 0.15) is 57.7 Å². The standard InChI is InChI=1S/C23H28N4O3/c1-5-6-7-20-25-21(23(2,3)4)26-27(20)15-16-8-10-17(11-9-16)18-14-24-13-12-19(18)30-22(28)29/h8-14H,5-7,15H2,1-4H3,(H,28,29). The molecule has 7 heteroatoms. The molecule has 2 aromatic heterocycles. The van der Waals surface area contributed by atoms with Crippen molar-refractivity contribution in [2.45, 2.75) is 58.9 Å². The van der Waals surface area contributed by atoms with Crippen molar-refractivity contribution >= 4 is 6.16 Å². The largest absolute Gasteiger partial charge is 0.511 e. The lowest BCUT2D eigenvalue weighted by atomic mass is 9.96. The molecule has 0 saturated heterocycles. The minimum absolute atomic E-state index is 0.100. The fourth-order valence-electron chi connectivity index (χ4n) is 3.08. The van der Waals surface area contributed by atoms with E-state index in [1.165, 1.54) is 6.20 Å². The Bertz CT molecular complexity index is 1000. The van der Waals surface area contributed by atoms with Gasteiger partial charge in [-0.3, -0.25) is 4.98 Å². The summed E-state index contributed by atoms with van der Waals surface area (Å²) >= 11 is 0. The van der Waals surface area contributed by atoms with Crippen LogP contribution in [0.4, 0.5) is 4.79 Å². The van der Waals surface area contributed by atoms with Crippen LogP contribution < -0.4 is 4.74 Å². The van der Waals surface area contributed by atoms with Crippen LogP contribution in [0.5, 0.6) is 5.75 Å². The first-order valence-corrected chi connectivity index (χ1v) is 10.2. The number of ether oxygens (including phenoxy) is 1. The predicted octanol–water partition coefficient (Wildman–Crippen LogP) is 5.09. The zero-order valence-corrected chi connectivity index (χ0v) is 17.9. The number of aromatic nitrogens is 4. The average Bonchev–Trinajstić information content (AvgIpc) is 3.10. The van der Waals surface area contributed by atoms with E-state index in [-0.39, 0.29) is 11.2 Å². The zero-order valence-electron chi connectivity index (χ0n) is 17.9. The number of benzene rings is 1. The second-order valence-corrected chi connectivity index (χ2v) is 8.30. The number of unbranched alkanes of at least 4 members (excludes halogenated alkanes) is 1. The highest BCUT2D eigenvalue weighted by Crippen LogP contribution is 2.29. The molecule has 3 aromatic rings. The molecule has 0 saturated carbocycles. The maximum atomic E-state index is 10.9. The third kappa shape index (κ3) is 5.23. The van der Waals surface area contributed by atoms with E-state index in [0.717, 1.165) is 42.0 Å². The number of rotatable bonds is 7. The summed E-state index contributed by atoms with van der Waals surface area (Å²) in [5.41, 5.74) is 2.46. The summed E-state index contributed by atoms with van der Waals surface area (Å²) in [6.45, 7) is 9.17. The second kappa shape index (κ2) is 9.07. The van der Waals surface area contributed by atoms with Crippen molar-refractivity contribution in [2.75, 3.05) is 0 Å². The molecule has 7 nitrogen and oxygen atoms in total. The van der Waals surface area contributed by atoms with E-state index in [9.17, 15) is 4.79 Å². The van der Waals surface area contributed by atoms with E-state index < -0.39 is 6.16 Å². The lowest BCUT2D eigenvalue weighted by Gasteiger charge is -2.12. The molecule has 2 heterocycles. The van der Waals surface area contributed by atoms with Gasteiger partial charge in [0, 0.05) is 35.9 Å². The number of pyridine rings is 1. The number of nitrogens with zero attached hydrogens (tertiary/aromatic N) is 4. The summed E-state index contributed by atoms with van der Waals surface area (Å²) in [6.07, 6.45) is 4.85. The summed E-state index contributed by atoms with van der Waals surface area (Å²) < 4.78 is 6.86. The van der Waals surface area contributed by atoms with Crippen LogP contribution in [0.25, 0.3) is 11.1 Å². The maximum absolute atomic E-state index is 10.9. The van der Waals surface area contributed by atoms with Crippen molar-refractivity contribution in [3.05, 3.63) is 59.9 Å². The molecule has 0 aliphatic rings. The highest BCUT2D eigenvalue weighted by Gasteiger charge is 2.21. The van der Waals surface area contributed by atoms with Crippen LogP contribution in [0.2, 0.25) is 0 Å². The Balaban J connectivity index is 1.85. The molecule has 0 fully saturated rings. The minimum Gasteiger partial charge on any atom is -0.449 e. The molecule has 3 rings (SSSR count). The van der Waals surface area contributed by atoms with Crippen LogP contribution in [-0.4, -0.2) is 31.0 Å². The molecule has 0 atom stereocenters. The molecule has 0 aliphatic carbocycles. The molecule has 0 bridgehead atoms. The molecule has 0 unspecified atom stereocenters. The lowest BCUT2D eigenvalue weighted by Crippen LogP contribution is -2.14. The molecule has 158 valence electrons. The molecule has 1 N–H and O–H groups in total. The van der Waals surface area contributed by atoms with Gasteiger partial charge >= 0.3 is 6.16 Å². The third-order valence-electron chi connectivity index (χ3n) is 4.75. The summed E-state index contributed by atoms with van der Waals surface area (Å²) in [7, 11) is 0. The molecular formula is C23H28N4O3. The molecule has 30 heavy (non-hydrogen) atoms. The third-order valence-corrected chi connectivity index (χ3v) is 4.75. The van der Waals surface area contributed by atoms with Crippen LogP contribution in [-0.2, 0) is 18.4 Å². The van der Waals surface area contributed by atoms with Crippen molar-refractivity contribution in [1.29, 1.82) is 0 Å². The number of hydrogen-bond acceptors (Lipinski definition) is 5. The lowest BCUT2D eigenvalue weighted by molar-refractivity contribution is 0.144. The summed E-state index contributed by atoms with van der Waals surface area (Å²) in [6, 6.07) is 9.44. The highest BCUT2D eigenvalue weighted by atomic mass is 16.7. The van der Waals surface area contributed by atoms with E-state index in [2.05, 4.69) is 32.7 Å². The minimum atomic E-state index is -1.35. The van der Waals surface area contributed by atoms with Crippen LogP contribution in [0.15, 0.2) is 42.7 Å². The highest BCUT2D eigenvalue weighted by molar-refractivity contribution is 5.73. The topological polar surface area (TPSA) is 90.1 Å². The van der Waals surface area contributed by atoms with Crippen molar-refractivity contribution in [3.63, 3.8) is 0 Å². The quantitative estimate of drug-likeness (QED) is 0.548. The van der Waals surface area contributed by atoms with Crippen molar-refractivity contribution < 1.29 is 14.6 Å². The van der Waals surface area contributed by atoms with Gasteiger partial charge in [-0.05, 0) is 17.5 Å². The molecule has 1 aromatic carbocycles. The van der Waals surface area contributed by atoms with Gasteiger partial charge in [-0.2, -0.15) is 5.10 Å². The zero-order chi connectivity index (χ0) is 21.7. The fraction of sp³-hybridized carbons (Fsp3) is 0.391. The smallest absolute Gasteiger partial charge is 0.449 e. The number of hydrogen-bond donors (Lipinski definition) is 1. The van der Waals surface area contributed by atoms with Gasteiger partial charge in [0.2, 0.25) is 0 Å².